The van der Waals surface area contributed by atoms with Crippen molar-refractivity contribution in [2.75, 3.05) is 30.5 Å². The second-order valence-electron chi connectivity index (χ2n) is 8.29. The zero-order valence-corrected chi connectivity index (χ0v) is 19.1. The van der Waals surface area contributed by atoms with Crippen LogP contribution in [0.4, 0.5) is 11.4 Å². The minimum absolute atomic E-state index is 0.0710. The number of fused-ring (bicyclic) bond motifs is 1. The van der Waals surface area contributed by atoms with Crippen molar-refractivity contribution in [3.8, 4) is 0 Å². The molecule has 0 amide bonds. The number of para-hydroxylation sites is 2. The molecule has 30 heavy (non-hydrogen) atoms. The van der Waals surface area contributed by atoms with E-state index in [1.165, 1.54) is 16.9 Å². The SMILES string of the molecule is CCN1/C(=C\C=C2\C(=S)N(c3ccccc3)N=C2N(C)C)C(C)(C)c2ccccc21. The predicted octanol–water partition coefficient (Wildman–Crippen LogP) is 5.34. The summed E-state index contributed by atoms with van der Waals surface area (Å²) in [4.78, 5) is 5.13. The van der Waals surface area contributed by atoms with Crippen LogP contribution < -0.4 is 9.91 Å². The van der Waals surface area contributed by atoms with E-state index in [1.54, 1.807) is 0 Å². The van der Waals surface area contributed by atoms with Gasteiger partial charge >= 0.3 is 0 Å². The number of hydrogen-bond acceptors (Lipinski definition) is 4. The Morgan fingerprint density at radius 2 is 1.67 bits per heavy atom. The molecule has 0 fully saturated rings. The first kappa shape index (κ1) is 20.4. The molecule has 0 atom stereocenters. The van der Waals surface area contributed by atoms with Gasteiger partial charge in [0.25, 0.3) is 0 Å². The Morgan fingerprint density at radius 1 is 1.00 bits per heavy atom. The molecule has 0 N–H and O–H groups in total. The third-order valence-corrected chi connectivity index (χ3v) is 6.20. The highest BCUT2D eigenvalue weighted by molar-refractivity contribution is 7.81. The zero-order valence-electron chi connectivity index (χ0n) is 18.3. The summed E-state index contributed by atoms with van der Waals surface area (Å²) in [5.74, 6) is 0.872. The Labute approximate surface area is 184 Å². The van der Waals surface area contributed by atoms with Crippen LogP contribution in [0.3, 0.4) is 0 Å². The van der Waals surface area contributed by atoms with Crippen LogP contribution in [0.5, 0.6) is 0 Å². The smallest absolute Gasteiger partial charge is 0.159 e. The quantitative estimate of drug-likeness (QED) is 0.498. The number of anilines is 2. The third-order valence-electron chi connectivity index (χ3n) is 5.81. The molecule has 2 heterocycles. The summed E-state index contributed by atoms with van der Waals surface area (Å²) in [6, 6.07) is 18.7. The molecule has 0 aliphatic carbocycles. The molecule has 0 saturated heterocycles. The highest BCUT2D eigenvalue weighted by Gasteiger charge is 2.39. The van der Waals surface area contributed by atoms with E-state index in [0.29, 0.717) is 0 Å². The van der Waals surface area contributed by atoms with Crippen LogP contribution in [0.1, 0.15) is 26.3 Å². The summed E-state index contributed by atoms with van der Waals surface area (Å²) in [5.41, 5.74) is 5.79. The fraction of sp³-hybridized carbons (Fsp3) is 0.280. The molecule has 2 aromatic carbocycles. The van der Waals surface area contributed by atoms with Gasteiger partial charge in [0, 0.05) is 37.4 Å². The molecule has 5 heteroatoms. The van der Waals surface area contributed by atoms with Crippen LogP contribution in [0.25, 0.3) is 0 Å². The van der Waals surface area contributed by atoms with Crippen molar-refractivity contribution in [2.45, 2.75) is 26.2 Å². The van der Waals surface area contributed by atoms with Crippen LogP contribution in [0.2, 0.25) is 0 Å². The molecule has 4 rings (SSSR count). The molecule has 0 aromatic heterocycles. The summed E-state index contributed by atoms with van der Waals surface area (Å²) >= 11 is 5.84. The van der Waals surface area contributed by atoms with E-state index in [-0.39, 0.29) is 5.41 Å². The van der Waals surface area contributed by atoms with E-state index in [4.69, 9.17) is 17.3 Å². The molecule has 2 aliphatic rings. The fourth-order valence-corrected chi connectivity index (χ4v) is 4.57. The van der Waals surface area contributed by atoms with Crippen molar-refractivity contribution in [2.24, 2.45) is 5.10 Å². The summed E-state index contributed by atoms with van der Waals surface area (Å²) in [6.07, 6.45) is 4.36. The summed E-state index contributed by atoms with van der Waals surface area (Å²) in [6.45, 7) is 7.69. The number of thiocarbonyl (C=S) groups is 1. The molecule has 4 nitrogen and oxygen atoms in total. The average molecular weight is 417 g/mol. The molecule has 2 aliphatic heterocycles. The lowest BCUT2D eigenvalue weighted by molar-refractivity contribution is 0.624. The summed E-state index contributed by atoms with van der Waals surface area (Å²) < 4.78 is 0. The minimum atomic E-state index is -0.0710. The molecular formula is C25H28N4S. The number of amidine groups is 1. The first-order chi connectivity index (χ1) is 14.4. The Bertz CT molecular complexity index is 1060. The second-order valence-corrected chi connectivity index (χ2v) is 8.68. The normalized spacial score (nSPS) is 20.2. The molecule has 0 unspecified atom stereocenters. The van der Waals surface area contributed by atoms with Gasteiger partial charge in [0.05, 0.1) is 11.3 Å². The van der Waals surface area contributed by atoms with Crippen molar-refractivity contribution >= 4 is 34.4 Å². The number of hydrogen-bond donors (Lipinski definition) is 0. The summed E-state index contributed by atoms with van der Waals surface area (Å²) in [7, 11) is 4.01. The van der Waals surface area contributed by atoms with Gasteiger partial charge in [-0.25, -0.2) is 5.01 Å². The monoisotopic (exact) mass is 416 g/mol. The van der Waals surface area contributed by atoms with Crippen LogP contribution in [0, 0.1) is 0 Å². The van der Waals surface area contributed by atoms with Crippen LogP contribution in [0.15, 0.2) is 83.1 Å². The lowest BCUT2D eigenvalue weighted by Gasteiger charge is -2.26. The first-order valence-electron chi connectivity index (χ1n) is 10.3. The lowest BCUT2D eigenvalue weighted by atomic mass is 9.83. The van der Waals surface area contributed by atoms with E-state index < -0.39 is 0 Å². The Balaban J connectivity index is 1.76. The van der Waals surface area contributed by atoms with Gasteiger partial charge in [-0.3, -0.25) is 0 Å². The van der Waals surface area contributed by atoms with Crippen molar-refractivity contribution in [3.63, 3.8) is 0 Å². The van der Waals surface area contributed by atoms with Gasteiger partial charge in [0.1, 0.15) is 4.99 Å². The number of benzene rings is 2. The van der Waals surface area contributed by atoms with E-state index in [0.717, 1.165) is 28.6 Å². The van der Waals surface area contributed by atoms with Crippen LogP contribution >= 0.6 is 12.2 Å². The maximum Gasteiger partial charge on any atom is 0.159 e. The molecule has 2 aromatic rings. The number of allylic oxidation sites excluding steroid dienone is 3. The third kappa shape index (κ3) is 3.23. The Hall–Kier alpha value is -2.92. The van der Waals surface area contributed by atoms with Crippen LogP contribution in [-0.4, -0.2) is 36.4 Å². The largest absolute Gasteiger partial charge is 0.361 e. The second kappa shape index (κ2) is 7.73. The topological polar surface area (TPSA) is 22.1 Å². The van der Waals surface area contributed by atoms with E-state index in [2.05, 4.69) is 62.1 Å². The van der Waals surface area contributed by atoms with E-state index in [1.807, 2.05) is 54.3 Å². The zero-order chi connectivity index (χ0) is 21.5. The van der Waals surface area contributed by atoms with Gasteiger partial charge in [0.2, 0.25) is 0 Å². The number of nitrogens with zero attached hydrogens (tertiary/aromatic N) is 4. The van der Waals surface area contributed by atoms with Gasteiger partial charge < -0.3 is 9.80 Å². The fourth-order valence-electron chi connectivity index (χ4n) is 4.27. The average Bonchev–Trinajstić information content (AvgIpc) is 3.18. The molecule has 154 valence electrons. The van der Waals surface area contributed by atoms with E-state index >= 15 is 0 Å². The highest BCUT2D eigenvalue weighted by Crippen LogP contribution is 2.47. The Morgan fingerprint density at radius 3 is 2.33 bits per heavy atom. The molecular weight excluding hydrogens is 388 g/mol. The lowest BCUT2D eigenvalue weighted by Crippen LogP contribution is -2.26. The van der Waals surface area contributed by atoms with Gasteiger partial charge in [-0.1, -0.05) is 62.5 Å². The van der Waals surface area contributed by atoms with Crippen LogP contribution in [-0.2, 0) is 5.41 Å². The number of likely N-dealkylation sites (N-methyl/N-ethyl adjacent to an activating group) is 2. The highest BCUT2D eigenvalue weighted by atomic mass is 32.1. The first-order valence-corrected chi connectivity index (χ1v) is 10.7. The minimum Gasteiger partial charge on any atom is -0.361 e. The van der Waals surface area contributed by atoms with Gasteiger partial charge in [-0.2, -0.15) is 0 Å². The predicted molar refractivity (Wildman–Crippen MR) is 131 cm³/mol. The number of rotatable bonds is 3. The van der Waals surface area contributed by atoms with Crippen molar-refractivity contribution < 1.29 is 0 Å². The van der Waals surface area contributed by atoms with E-state index in [9.17, 15) is 0 Å². The molecule has 0 radical (unpaired) electrons. The maximum atomic E-state index is 5.84. The molecule has 0 bridgehead atoms. The maximum absolute atomic E-state index is 5.84. The molecule has 0 spiro atoms. The standard InChI is InChI=1S/C25H28N4S/c1-6-28-21-15-11-10-14-20(21)25(2,3)22(28)17-16-19-23(27(4)5)26-29(24(19)30)18-12-8-7-9-13-18/h7-17H,6H2,1-5H3/b19-16+,22-17-. The Kier molecular flexibility index (Phi) is 5.24. The van der Waals surface area contributed by atoms with Crippen molar-refractivity contribution in [1.82, 2.24) is 4.90 Å². The summed E-state index contributed by atoms with van der Waals surface area (Å²) in [5, 5.41) is 6.65. The van der Waals surface area contributed by atoms with Gasteiger partial charge in [0.15, 0.2) is 5.84 Å². The van der Waals surface area contributed by atoms with Crippen molar-refractivity contribution in [1.29, 1.82) is 0 Å². The van der Waals surface area contributed by atoms with Gasteiger partial charge in [-0.15, -0.1) is 5.10 Å². The number of hydrazone groups is 1. The molecule has 0 saturated carbocycles. The van der Waals surface area contributed by atoms with Crippen molar-refractivity contribution in [3.05, 3.63) is 83.6 Å². The van der Waals surface area contributed by atoms with Gasteiger partial charge in [-0.05, 0) is 42.8 Å².